The summed E-state index contributed by atoms with van der Waals surface area (Å²) in [4.78, 5) is 19.9. The van der Waals surface area contributed by atoms with Crippen LogP contribution in [-0.2, 0) is 11.3 Å². The van der Waals surface area contributed by atoms with Gasteiger partial charge in [-0.3, -0.25) is 9.78 Å². The van der Waals surface area contributed by atoms with Crippen molar-refractivity contribution in [2.45, 2.75) is 13.5 Å². The second-order valence-electron chi connectivity index (χ2n) is 5.78. The van der Waals surface area contributed by atoms with Gasteiger partial charge in [0.1, 0.15) is 5.75 Å². The quantitative estimate of drug-likeness (QED) is 0.672. The average Bonchev–Trinajstić information content (AvgIpc) is 3.06. The molecule has 0 aliphatic carbocycles. The first kappa shape index (κ1) is 18.4. The van der Waals surface area contributed by atoms with E-state index in [1.54, 1.807) is 12.1 Å². The largest absolute Gasteiger partial charge is 0.482 e. The number of carbonyl (C=O) groups is 1. The van der Waals surface area contributed by atoms with Crippen molar-refractivity contribution in [1.82, 2.24) is 14.5 Å². The van der Waals surface area contributed by atoms with Crippen molar-refractivity contribution in [3.05, 3.63) is 71.7 Å². The molecule has 0 fully saturated rings. The van der Waals surface area contributed by atoms with E-state index in [1.165, 1.54) is 23.3 Å². The number of benzene rings is 1. The fourth-order valence-electron chi connectivity index (χ4n) is 2.29. The summed E-state index contributed by atoms with van der Waals surface area (Å²) in [6, 6.07) is 5.27. The van der Waals surface area contributed by atoms with Gasteiger partial charge >= 0.3 is 0 Å². The van der Waals surface area contributed by atoms with Crippen molar-refractivity contribution in [2.75, 3.05) is 11.9 Å². The SMILES string of the molecule is Cc1ccc(OCC(=O)Nc2cn(Cc3cc(F)c(F)c(F)c3)cn2)cn1. The molecule has 1 amide bonds. The highest BCUT2D eigenvalue weighted by Crippen LogP contribution is 2.15. The number of halogens is 3. The molecule has 1 aromatic carbocycles. The summed E-state index contributed by atoms with van der Waals surface area (Å²) in [5, 5.41) is 2.54. The van der Waals surface area contributed by atoms with Crippen LogP contribution < -0.4 is 10.1 Å². The van der Waals surface area contributed by atoms with E-state index in [9.17, 15) is 18.0 Å². The van der Waals surface area contributed by atoms with Gasteiger partial charge in [-0.15, -0.1) is 0 Å². The molecular formula is C18H15F3N4O2. The molecule has 0 radical (unpaired) electrons. The Balaban J connectivity index is 1.55. The Hall–Kier alpha value is -3.36. The number of ether oxygens (including phenoxy) is 1. The molecule has 27 heavy (non-hydrogen) atoms. The molecule has 0 unspecified atom stereocenters. The zero-order valence-corrected chi connectivity index (χ0v) is 14.2. The number of amides is 1. The summed E-state index contributed by atoms with van der Waals surface area (Å²) < 4.78 is 46.3. The number of hydrogen-bond acceptors (Lipinski definition) is 4. The minimum Gasteiger partial charge on any atom is -0.482 e. The van der Waals surface area contributed by atoms with Crippen LogP contribution in [0.15, 0.2) is 43.0 Å². The van der Waals surface area contributed by atoms with Crippen molar-refractivity contribution in [3.8, 4) is 5.75 Å². The fraction of sp³-hybridized carbons (Fsp3) is 0.167. The zero-order valence-electron chi connectivity index (χ0n) is 14.2. The summed E-state index contributed by atoms with van der Waals surface area (Å²) in [5.74, 6) is -3.76. The van der Waals surface area contributed by atoms with Gasteiger partial charge in [0.15, 0.2) is 29.9 Å². The van der Waals surface area contributed by atoms with Gasteiger partial charge in [0, 0.05) is 18.4 Å². The van der Waals surface area contributed by atoms with Gasteiger partial charge in [-0.1, -0.05) is 0 Å². The van der Waals surface area contributed by atoms with E-state index in [2.05, 4.69) is 15.3 Å². The monoisotopic (exact) mass is 376 g/mol. The molecule has 3 rings (SSSR count). The van der Waals surface area contributed by atoms with Crippen LogP contribution in [0.4, 0.5) is 19.0 Å². The maximum Gasteiger partial charge on any atom is 0.263 e. The third kappa shape index (κ3) is 4.84. The second-order valence-corrected chi connectivity index (χ2v) is 5.78. The van der Waals surface area contributed by atoms with E-state index >= 15 is 0 Å². The number of aromatic nitrogens is 3. The molecule has 0 saturated carbocycles. The lowest BCUT2D eigenvalue weighted by atomic mass is 10.2. The van der Waals surface area contributed by atoms with Crippen LogP contribution in [0.2, 0.25) is 0 Å². The highest BCUT2D eigenvalue weighted by atomic mass is 19.2. The lowest BCUT2D eigenvalue weighted by molar-refractivity contribution is -0.118. The van der Waals surface area contributed by atoms with Crippen LogP contribution in [0, 0.1) is 24.4 Å². The van der Waals surface area contributed by atoms with Crippen LogP contribution in [-0.4, -0.2) is 27.0 Å². The molecule has 6 nitrogen and oxygen atoms in total. The van der Waals surface area contributed by atoms with Gasteiger partial charge in [0.25, 0.3) is 5.91 Å². The first-order valence-electron chi connectivity index (χ1n) is 7.91. The first-order chi connectivity index (χ1) is 12.9. The number of carbonyl (C=O) groups excluding carboxylic acids is 1. The standard InChI is InChI=1S/C18H15F3N4O2/c1-11-2-3-13(6-22-11)27-9-17(26)24-16-8-25(10-23-16)7-12-4-14(19)18(21)15(20)5-12/h2-6,8,10H,7,9H2,1H3,(H,24,26). The lowest BCUT2D eigenvalue weighted by Gasteiger charge is -2.06. The van der Waals surface area contributed by atoms with Crippen LogP contribution in [0.3, 0.4) is 0 Å². The molecule has 1 N–H and O–H groups in total. The van der Waals surface area contributed by atoms with E-state index in [-0.39, 0.29) is 24.5 Å². The molecular weight excluding hydrogens is 361 g/mol. The number of nitrogens with one attached hydrogen (secondary N) is 1. The molecule has 0 spiro atoms. The molecule has 0 aliphatic rings. The van der Waals surface area contributed by atoms with E-state index in [0.717, 1.165) is 17.8 Å². The molecule has 0 atom stereocenters. The molecule has 0 bridgehead atoms. The number of rotatable bonds is 6. The van der Waals surface area contributed by atoms with Crippen LogP contribution in [0.1, 0.15) is 11.3 Å². The summed E-state index contributed by atoms with van der Waals surface area (Å²) in [6.07, 6.45) is 4.36. The molecule has 140 valence electrons. The minimum absolute atomic E-state index is 0.0581. The average molecular weight is 376 g/mol. The molecule has 9 heteroatoms. The van der Waals surface area contributed by atoms with Crippen molar-refractivity contribution < 1.29 is 22.7 Å². The van der Waals surface area contributed by atoms with Gasteiger partial charge in [-0.05, 0) is 36.8 Å². The van der Waals surface area contributed by atoms with E-state index < -0.39 is 23.4 Å². The lowest BCUT2D eigenvalue weighted by Crippen LogP contribution is -2.20. The van der Waals surface area contributed by atoms with Gasteiger partial charge in [0.2, 0.25) is 0 Å². The highest BCUT2D eigenvalue weighted by molar-refractivity contribution is 5.90. The predicted octanol–water partition coefficient (Wildman–Crippen LogP) is 3.07. The Morgan fingerprint density at radius 3 is 2.59 bits per heavy atom. The minimum atomic E-state index is -1.51. The number of aryl methyl sites for hydroxylation is 1. The Morgan fingerprint density at radius 2 is 1.93 bits per heavy atom. The summed E-state index contributed by atoms with van der Waals surface area (Å²) >= 11 is 0. The molecule has 0 aliphatic heterocycles. The normalized spacial score (nSPS) is 10.7. The van der Waals surface area contributed by atoms with E-state index in [4.69, 9.17) is 4.74 Å². The van der Waals surface area contributed by atoms with E-state index in [0.29, 0.717) is 5.75 Å². The maximum absolute atomic E-state index is 13.3. The predicted molar refractivity (Wildman–Crippen MR) is 90.7 cm³/mol. The van der Waals surface area contributed by atoms with Gasteiger partial charge in [-0.25, -0.2) is 18.2 Å². The number of hydrogen-bond donors (Lipinski definition) is 1. The van der Waals surface area contributed by atoms with Crippen molar-refractivity contribution >= 4 is 11.7 Å². The number of anilines is 1. The Morgan fingerprint density at radius 1 is 1.19 bits per heavy atom. The summed E-state index contributed by atoms with van der Waals surface area (Å²) in [7, 11) is 0. The van der Waals surface area contributed by atoms with Crippen molar-refractivity contribution in [2.24, 2.45) is 0 Å². The Bertz CT molecular complexity index is 934. The molecule has 3 aromatic rings. The fourth-order valence-corrected chi connectivity index (χ4v) is 2.29. The Kier molecular flexibility index (Phi) is 5.39. The molecule has 2 aromatic heterocycles. The van der Waals surface area contributed by atoms with Crippen LogP contribution >= 0.6 is 0 Å². The third-order valence-corrected chi connectivity index (χ3v) is 3.56. The smallest absolute Gasteiger partial charge is 0.263 e. The second kappa shape index (κ2) is 7.90. The topological polar surface area (TPSA) is 69.0 Å². The third-order valence-electron chi connectivity index (χ3n) is 3.56. The van der Waals surface area contributed by atoms with Gasteiger partial charge in [-0.2, -0.15) is 0 Å². The van der Waals surface area contributed by atoms with Crippen LogP contribution in [0.25, 0.3) is 0 Å². The number of nitrogens with zero attached hydrogens (tertiary/aromatic N) is 3. The molecule has 0 saturated heterocycles. The van der Waals surface area contributed by atoms with Gasteiger partial charge < -0.3 is 14.6 Å². The highest BCUT2D eigenvalue weighted by Gasteiger charge is 2.11. The van der Waals surface area contributed by atoms with Gasteiger partial charge in [0.05, 0.1) is 12.5 Å². The molecule has 2 heterocycles. The summed E-state index contributed by atoms with van der Waals surface area (Å²) in [6.45, 7) is 1.66. The van der Waals surface area contributed by atoms with Crippen molar-refractivity contribution in [3.63, 3.8) is 0 Å². The number of imidazole rings is 1. The Labute approximate surface area is 152 Å². The maximum atomic E-state index is 13.3. The van der Waals surface area contributed by atoms with Crippen molar-refractivity contribution in [1.29, 1.82) is 0 Å². The zero-order chi connectivity index (χ0) is 19.4. The van der Waals surface area contributed by atoms with Crippen LogP contribution in [0.5, 0.6) is 5.75 Å². The first-order valence-corrected chi connectivity index (χ1v) is 7.91. The van der Waals surface area contributed by atoms with E-state index in [1.807, 2.05) is 6.92 Å². The summed E-state index contributed by atoms with van der Waals surface area (Å²) in [5.41, 5.74) is 1.05. The number of pyridine rings is 1.